The number of nitrogens with one attached hydrogen (secondary N) is 1. The van der Waals surface area contributed by atoms with Gasteiger partial charge in [0.15, 0.2) is 0 Å². The van der Waals surface area contributed by atoms with Gasteiger partial charge in [0.25, 0.3) is 5.91 Å². The molecule has 1 unspecified atom stereocenters. The van der Waals surface area contributed by atoms with Crippen molar-refractivity contribution >= 4 is 17.5 Å². The summed E-state index contributed by atoms with van der Waals surface area (Å²) in [6.07, 6.45) is 2.48. The second-order valence-corrected chi connectivity index (χ2v) is 4.11. The van der Waals surface area contributed by atoms with Crippen LogP contribution in [-0.2, 0) is 9.59 Å². The van der Waals surface area contributed by atoms with Crippen molar-refractivity contribution < 1.29 is 14.3 Å². The van der Waals surface area contributed by atoms with Gasteiger partial charge in [-0.05, 0) is 12.5 Å². The summed E-state index contributed by atoms with van der Waals surface area (Å²) in [7, 11) is 3.04. The number of piperidine rings is 1. The number of amides is 2. The first-order valence-electron chi connectivity index (χ1n) is 5.69. The summed E-state index contributed by atoms with van der Waals surface area (Å²) in [5.41, 5.74) is 0.753. The van der Waals surface area contributed by atoms with Gasteiger partial charge < -0.3 is 10.1 Å². The normalized spacial score (nSPS) is 19.9. The van der Waals surface area contributed by atoms with Gasteiger partial charge in [0.05, 0.1) is 7.11 Å². The molecule has 1 aromatic heterocycles. The first kappa shape index (κ1) is 12.3. The molecule has 1 saturated heterocycles. The minimum Gasteiger partial charge on any atom is -0.481 e. The number of hydrogen-bond donors (Lipinski definition) is 1. The number of carbonyl (C=O) groups is 2. The molecule has 1 atom stereocenters. The van der Waals surface area contributed by atoms with E-state index >= 15 is 0 Å². The molecule has 6 nitrogen and oxygen atoms in total. The Labute approximate surface area is 105 Å². The number of hydrogen-bond acceptors (Lipinski definition) is 5. The van der Waals surface area contributed by atoms with Crippen LogP contribution in [0.4, 0.5) is 5.69 Å². The fourth-order valence-corrected chi connectivity index (χ4v) is 1.86. The third-order valence-electron chi connectivity index (χ3n) is 2.93. The minimum absolute atomic E-state index is 0.134. The number of ether oxygens (including phenoxy) is 1. The van der Waals surface area contributed by atoms with Gasteiger partial charge in [-0.25, -0.2) is 4.98 Å². The van der Waals surface area contributed by atoms with Crippen LogP contribution in [0.5, 0.6) is 5.88 Å². The number of carbonyl (C=O) groups excluding carboxylic acids is 2. The number of rotatable bonds is 3. The largest absolute Gasteiger partial charge is 0.481 e. The molecule has 2 amide bonds. The van der Waals surface area contributed by atoms with Gasteiger partial charge in [-0.2, -0.15) is 0 Å². The SMILES string of the molecule is COc1cc(NC2CCC(=O)N(C)C2=O)ccn1. The molecular formula is C12H15N3O3. The van der Waals surface area contributed by atoms with E-state index in [1.54, 1.807) is 18.3 Å². The lowest BCUT2D eigenvalue weighted by atomic mass is 10.0. The van der Waals surface area contributed by atoms with Crippen molar-refractivity contribution in [3.05, 3.63) is 18.3 Å². The summed E-state index contributed by atoms with van der Waals surface area (Å²) in [4.78, 5) is 28.4. The lowest BCUT2D eigenvalue weighted by Crippen LogP contribution is -2.48. The van der Waals surface area contributed by atoms with Crippen LogP contribution < -0.4 is 10.1 Å². The second-order valence-electron chi connectivity index (χ2n) is 4.11. The highest BCUT2D eigenvalue weighted by Gasteiger charge is 2.31. The van der Waals surface area contributed by atoms with E-state index in [2.05, 4.69) is 10.3 Å². The molecule has 18 heavy (non-hydrogen) atoms. The number of aromatic nitrogens is 1. The van der Waals surface area contributed by atoms with Crippen LogP contribution in [0.2, 0.25) is 0 Å². The lowest BCUT2D eigenvalue weighted by Gasteiger charge is -2.28. The molecule has 0 bridgehead atoms. The molecular weight excluding hydrogens is 234 g/mol. The molecule has 1 aliphatic rings. The molecule has 96 valence electrons. The summed E-state index contributed by atoms with van der Waals surface area (Å²) in [6, 6.07) is 3.09. The Bertz CT molecular complexity index is 475. The average molecular weight is 249 g/mol. The van der Waals surface area contributed by atoms with Crippen molar-refractivity contribution in [1.29, 1.82) is 0 Å². The van der Waals surface area contributed by atoms with E-state index in [0.29, 0.717) is 18.7 Å². The van der Waals surface area contributed by atoms with Gasteiger partial charge in [0, 0.05) is 31.4 Å². The van der Waals surface area contributed by atoms with E-state index in [-0.39, 0.29) is 17.9 Å². The Morgan fingerprint density at radius 1 is 1.50 bits per heavy atom. The second kappa shape index (κ2) is 5.03. The average Bonchev–Trinajstić information content (AvgIpc) is 2.40. The van der Waals surface area contributed by atoms with E-state index in [9.17, 15) is 9.59 Å². The Morgan fingerprint density at radius 2 is 2.28 bits per heavy atom. The highest BCUT2D eigenvalue weighted by Crippen LogP contribution is 2.19. The number of methoxy groups -OCH3 is 1. The highest BCUT2D eigenvalue weighted by atomic mass is 16.5. The molecule has 0 spiro atoms. The molecule has 1 N–H and O–H groups in total. The molecule has 0 saturated carbocycles. The van der Waals surface area contributed by atoms with Crippen LogP contribution in [0.1, 0.15) is 12.8 Å². The van der Waals surface area contributed by atoms with Gasteiger partial charge >= 0.3 is 0 Å². The zero-order valence-electron chi connectivity index (χ0n) is 10.3. The van der Waals surface area contributed by atoms with Crippen molar-refractivity contribution in [1.82, 2.24) is 9.88 Å². The molecule has 6 heteroatoms. The maximum Gasteiger partial charge on any atom is 0.251 e. The van der Waals surface area contributed by atoms with E-state index in [4.69, 9.17) is 4.74 Å². The van der Waals surface area contributed by atoms with Crippen molar-refractivity contribution in [2.24, 2.45) is 0 Å². The summed E-state index contributed by atoms with van der Waals surface area (Å²) in [6.45, 7) is 0. The number of imide groups is 1. The van der Waals surface area contributed by atoms with Crippen LogP contribution in [0, 0.1) is 0 Å². The van der Waals surface area contributed by atoms with Crippen molar-refractivity contribution in [2.75, 3.05) is 19.5 Å². The molecule has 0 aromatic carbocycles. The van der Waals surface area contributed by atoms with Crippen LogP contribution in [0.25, 0.3) is 0 Å². The molecule has 1 aromatic rings. The van der Waals surface area contributed by atoms with Crippen LogP contribution in [-0.4, -0.2) is 41.9 Å². The monoisotopic (exact) mass is 249 g/mol. The standard InChI is InChI=1S/C12H15N3O3/c1-15-11(16)4-3-9(12(15)17)14-8-5-6-13-10(7-8)18-2/h5-7,9H,3-4H2,1-2H3,(H,13,14). The molecule has 1 aliphatic heterocycles. The van der Waals surface area contributed by atoms with Gasteiger partial charge in [0.1, 0.15) is 6.04 Å². The van der Waals surface area contributed by atoms with Gasteiger partial charge in [-0.3, -0.25) is 14.5 Å². The fourth-order valence-electron chi connectivity index (χ4n) is 1.86. The van der Waals surface area contributed by atoms with E-state index in [0.717, 1.165) is 5.69 Å². The van der Waals surface area contributed by atoms with E-state index in [1.807, 2.05) is 0 Å². The first-order chi connectivity index (χ1) is 8.61. The van der Waals surface area contributed by atoms with E-state index in [1.165, 1.54) is 19.1 Å². The first-order valence-corrected chi connectivity index (χ1v) is 5.69. The fraction of sp³-hybridized carbons (Fsp3) is 0.417. The van der Waals surface area contributed by atoms with Crippen LogP contribution in [0.3, 0.4) is 0 Å². The number of pyridine rings is 1. The van der Waals surface area contributed by atoms with Crippen LogP contribution >= 0.6 is 0 Å². The molecule has 1 fully saturated rings. The number of likely N-dealkylation sites (tertiary alicyclic amines) is 1. The summed E-state index contributed by atoms with van der Waals surface area (Å²) in [5, 5.41) is 3.09. The third kappa shape index (κ3) is 2.42. The summed E-state index contributed by atoms with van der Waals surface area (Å²) >= 11 is 0. The maximum absolute atomic E-state index is 11.9. The Kier molecular flexibility index (Phi) is 3.45. The maximum atomic E-state index is 11.9. The highest BCUT2D eigenvalue weighted by molar-refractivity contribution is 6.01. The summed E-state index contributed by atoms with van der Waals surface area (Å²) < 4.78 is 5.01. The summed E-state index contributed by atoms with van der Waals surface area (Å²) in [5.74, 6) is 0.139. The topological polar surface area (TPSA) is 71.5 Å². The van der Waals surface area contributed by atoms with Crippen LogP contribution in [0.15, 0.2) is 18.3 Å². The Hall–Kier alpha value is -2.11. The van der Waals surface area contributed by atoms with Crippen molar-refractivity contribution in [3.63, 3.8) is 0 Å². The predicted octanol–water partition coefficient (Wildman–Crippen LogP) is 0.649. The third-order valence-corrected chi connectivity index (χ3v) is 2.93. The minimum atomic E-state index is -0.375. The zero-order chi connectivity index (χ0) is 13.1. The smallest absolute Gasteiger partial charge is 0.251 e. The molecule has 2 rings (SSSR count). The lowest BCUT2D eigenvalue weighted by molar-refractivity contribution is -0.146. The quantitative estimate of drug-likeness (QED) is 0.796. The van der Waals surface area contributed by atoms with Crippen molar-refractivity contribution in [3.8, 4) is 5.88 Å². The van der Waals surface area contributed by atoms with Crippen molar-refractivity contribution in [2.45, 2.75) is 18.9 Å². The Balaban J connectivity index is 2.09. The van der Waals surface area contributed by atoms with Gasteiger partial charge in [0.2, 0.25) is 11.8 Å². The molecule has 0 aliphatic carbocycles. The van der Waals surface area contributed by atoms with Gasteiger partial charge in [-0.1, -0.05) is 0 Å². The molecule has 0 radical (unpaired) electrons. The number of anilines is 1. The molecule has 2 heterocycles. The Morgan fingerprint density at radius 3 is 3.00 bits per heavy atom. The number of nitrogens with zero attached hydrogens (tertiary/aromatic N) is 2. The zero-order valence-corrected chi connectivity index (χ0v) is 10.3. The predicted molar refractivity (Wildman–Crippen MR) is 65.2 cm³/mol. The van der Waals surface area contributed by atoms with Gasteiger partial charge in [-0.15, -0.1) is 0 Å². The van der Waals surface area contributed by atoms with E-state index < -0.39 is 0 Å². The number of likely N-dealkylation sites (N-methyl/N-ethyl adjacent to an activating group) is 1.